The number of cyclic esters (lactones) is 1. The minimum absolute atomic E-state index is 0.265. The number of fused-ring (bicyclic) bond motifs is 1. The molecule has 3 aliphatic heterocycles. The van der Waals surface area contributed by atoms with Gasteiger partial charge in [0.25, 0.3) is 5.91 Å². The normalized spacial score (nSPS) is 20.5. The zero-order valence-corrected chi connectivity index (χ0v) is 25.2. The van der Waals surface area contributed by atoms with Crippen LogP contribution in [0.5, 0.6) is 0 Å². The summed E-state index contributed by atoms with van der Waals surface area (Å²) in [4.78, 5) is 38.2. The summed E-state index contributed by atoms with van der Waals surface area (Å²) in [7, 11) is 0. The Morgan fingerprint density at radius 1 is 1.02 bits per heavy atom. The molecule has 0 radical (unpaired) electrons. The lowest BCUT2D eigenvalue weighted by Gasteiger charge is -2.40. The highest BCUT2D eigenvalue weighted by atomic mass is 16.6. The highest BCUT2D eigenvalue weighted by molar-refractivity contribution is 6.04. The molecule has 11 nitrogen and oxygen atoms in total. The molecule has 1 aromatic heterocycles. The van der Waals surface area contributed by atoms with Crippen LogP contribution in [0.25, 0.3) is 0 Å². The Balaban J connectivity index is 1.11. The number of benzene rings is 2. The van der Waals surface area contributed by atoms with E-state index in [0.29, 0.717) is 50.3 Å². The van der Waals surface area contributed by atoms with Crippen LogP contribution in [0.2, 0.25) is 0 Å². The Morgan fingerprint density at radius 3 is 2.52 bits per heavy atom. The molecule has 1 saturated carbocycles. The van der Waals surface area contributed by atoms with Gasteiger partial charge in [-0.25, -0.2) is 9.78 Å². The van der Waals surface area contributed by atoms with Crippen LogP contribution in [0.3, 0.4) is 0 Å². The Morgan fingerprint density at radius 2 is 1.80 bits per heavy atom. The molecule has 4 heterocycles. The van der Waals surface area contributed by atoms with E-state index in [-0.39, 0.29) is 17.7 Å². The van der Waals surface area contributed by atoms with Gasteiger partial charge in [-0.05, 0) is 61.9 Å². The molecular weight excluding hydrogens is 560 g/mol. The van der Waals surface area contributed by atoms with Crippen molar-refractivity contribution in [3.8, 4) is 0 Å². The van der Waals surface area contributed by atoms with Crippen LogP contribution in [-0.2, 0) is 11.2 Å². The van der Waals surface area contributed by atoms with Crippen molar-refractivity contribution >= 4 is 29.1 Å². The van der Waals surface area contributed by atoms with E-state index in [9.17, 15) is 14.7 Å². The minimum atomic E-state index is -0.805. The second-order valence-electron chi connectivity index (χ2n) is 12.2. The number of anilines is 3. The number of hydrogen-bond acceptors (Lipinski definition) is 9. The van der Waals surface area contributed by atoms with Gasteiger partial charge in [0.1, 0.15) is 19.1 Å². The Hall–Kier alpha value is -4.09. The number of rotatable bonds is 9. The van der Waals surface area contributed by atoms with Crippen molar-refractivity contribution in [3.63, 3.8) is 0 Å². The van der Waals surface area contributed by atoms with Crippen molar-refractivity contribution < 1.29 is 23.8 Å². The Labute approximate surface area is 257 Å². The van der Waals surface area contributed by atoms with E-state index < -0.39 is 6.23 Å². The number of ether oxygens (including phenoxy) is 1. The average molecular weight is 601 g/mol. The number of aliphatic hydroxyl groups is 1. The molecule has 0 spiro atoms. The largest absolute Gasteiger partial charge is 0.448 e. The van der Waals surface area contributed by atoms with Crippen molar-refractivity contribution in [2.75, 3.05) is 74.1 Å². The number of piperazine rings is 1. The van der Waals surface area contributed by atoms with Gasteiger partial charge in [-0.1, -0.05) is 18.2 Å². The molecule has 44 heavy (non-hydrogen) atoms. The molecule has 1 unspecified atom stereocenters. The zero-order chi connectivity index (χ0) is 30.2. The summed E-state index contributed by atoms with van der Waals surface area (Å²) in [6, 6.07) is 12.6. The number of oxazole rings is 1. The summed E-state index contributed by atoms with van der Waals surface area (Å²) < 4.78 is 10.6. The number of hydrogen-bond donors (Lipinski definition) is 2. The minimum Gasteiger partial charge on any atom is -0.448 e. The maximum absolute atomic E-state index is 13.4. The standard InChI is InChI=1S/C33H40N6O5/c1-22-5-2-3-6-28(22)36-13-15-37(16-14-36)29-19-24-9-12-38(10-4-11-39-17-18-43-33(39)42)32(41)25(24)20-26(29)34-30(40)27-21-44-31(35-27)23-7-8-23/h2-3,5-6,19-21,23,32,41H,4,7-18H2,1H3,(H,34,40). The van der Waals surface area contributed by atoms with Gasteiger partial charge in [-0.2, -0.15) is 0 Å². The van der Waals surface area contributed by atoms with Gasteiger partial charge >= 0.3 is 6.09 Å². The second kappa shape index (κ2) is 12.1. The number of nitrogens with zero attached hydrogens (tertiary/aromatic N) is 5. The molecule has 4 aliphatic rings. The number of para-hydroxylation sites is 1. The molecule has 0 bridgehead atoms. The predicted molar refractivity (Wildman–Crippen MR) is 166 cm³/mol. The van der Waals surface area contributed by atoms with Crippen molar-refractivity contribution in [3.05, 3.63) is 70.9 Å². The molecule has 2 amide bonds. The Bertz CT molecular complexity index is 1530. The van der Waals surface area contributed by atoms with E-state index in [0.717, 1.165) is 68.7 Å². The third-order valence-corrected chi connectivity index (χ3v) is 9.27. The molecule has 11 heteroatoms. The van der Waals surface area contributed by atoms with Crippen LogP contribution in [0, 0.1) is 6.92 Å². The van der Waals surface area contributed by atoms with E-state index in [1.807, 2.05) is 11.0 Å². The first-order chi connectivity index (χ1) is 21.4. The van der Waals surface area contributed by atoms with Crippen molar-refractivity contribution in [2.24, 2.45) is 0 Å². The fourth-order valence-electron chi connectivity index (χ4n) is 6.58. The van der Waals surface area contributed by atoms with Gasteiger partial charge in [-0.3, -0.25) is 9.69 Å². The molecule has 2 aromatic carbocycles. The summed E-state index contributed by atoms with van der Waals surface area (Å²) in [5.74, 6) is 0.624. The fraction of sp³-hybridized carbons (Fsp3) is 0.485. The fourth-order valence-corrected chi connectivity index (χ4v) is 6.58. The van der Waals surface area contributed by atoms with Crippen molar-refractivity contribution in [1.82, 2.24) is 14.8 Å². The summed E-state index contributed by atoms with van der Waals surface area (Å²) in [5, 5.41) is 14.6. The number of nitrogens with one attached hydrogen (secondary N) is 1. The third-order valence-electron chi connectivity index (χ3n) is 9.27. The summed E-state index contributed by atoms with van der Waals surface area (Å²) in [6.07, 6.45) is 3.98. The number of aliphatic hydroxyl groups excluding tert-OH is 1. The van der Waals surface area contributed by atoms with Crippen LogP contribution in [0.15, 0.2) is 47.1 Å². The maximum Gasteiger partial charge on any atom is 0.409 e. The monoisotopic (exact) mass is 600 g/mol. The van der Waals surface area contributed by atoms with Gasteiger partial charge in [0.05, 0.1) is 17.9 Å². The number of aromatic nitrogens is 1. The van der Waals surface area contributed by atoms with Crippen LogP contribution in [0.1, 0.15) is 64.5 Å². The van der Waals surface area contributed by atoms with Crippen molar-refractivity contribution in [2.45, 2.75) is 44.8 Å². The molecule has 2 saturated heterocycles. The molecule has 232 valence electrons. The van der Waals surface area contributed by atoms with Crippen LogP contribution in [-0.4, -0.2) is 90.9 Å². The number of carbonyl (C=O) groups excluding carboxylic acids is 2. The highest BCUT2D eigenvalue weighted by Crippen LogP contribution is 2.40. The van der Waals surface area contributed by atoms with Gasteiger partial charge in [0.2, 0.25) is 0 Å². The number of carbonyl (C=O) groups is 2. The average Bonchev–Trinajstić information content (AvgIpc) is 3.62. The molecule has 2 N–H and O–H groups in total. The quantitative estimate of drug-likeness (QED) is 0.374. The third kappa shape index (κ3) is 5.86. The van der Waals surface area contributed by atoms with Crippen LogP contribution < -0.4 is 15.1 Å². The zero-order valence-electron chi connectivity index (χ0n) is 25.2. The molecule has 1 aliphatic carbocycles. The lowest BCUT2D eigenvalue weighted by Crippen LogP contribution is -2.47. The number of aryl methyl sites for hydroxylation is 1. The van der Waals surface area contributed by atoms with Crippen LogP contribution >= 0.6 is 0 Å². The van der Waals surface area contributed by atoms with E-state index in [4.69, 9.17) is 9.15 Å². The van der Waals surface area contributed by atoms with Crippen molar-refractivity contribution in [1.29, 1.82) is 0 Å². The molecule has 1 atom stereocenters. The van der Waals surface area contributed by atoms with E-state index in [2.05, 4.69) is 57.4 Å². The van der Waals surface area contributed by atoms with Gasteiger partial charge in [0, 0.05) is 63.0 Å². The first kappa shape index (κ1) is 28.7. The topological polar surface area (TPSA) is 115 Å². The first-order valence-corrected chi connectivity index (χ1v) is 15.8. The maximum atomic E-state index is 13.4. The van der Waals surface area contributed by atoms with E-state index in [1.165, 1.54) is 17.5 Å². The van der Waals surface area contributed by atoms with E-state index >= 15 is 0 Å². The number of amides is 2. The van der Waals surface area contributed by atoms with Gasteiger partial charge < -0.3 is 34.3 Å². The van der Waals surface area contributed by atoms with Gasteiger partial charge in [0.15, 0.2) is 11.6 Å². The van der Waals surface area contributed by atoms with Crippen LogP contribution in [0.4, 0.5) is 21.9 Å². The first-order valence-electron chi connectivity index (χ1n) is 15.8. The molecular formula is C33H40N6O5. The summed E-state index contributed by atoms with van der Waals surface area (Å²) in [6.45, 7) is 8.50. The molecule has 7 rings (SSSR count). The van der Waals surface area contributed by atoms with E-state index in [1.54, 1.807) is 4.90 Å². The molecule has 3 fully saturated rings. The Kier molecular flexibility index (Phi) is 7.90. The smallest absolute Gasteiger partial charge is 0.409 e. The lowest BCUT2D eigenvalue weighted by molar-refractivity contribution is -0.00767. The highest BCUT2D eigenvalue weighted by Gasteiger charge is 2.32. The summed E-state index contributed by atoms with van der Waals surface area (Å²) >= 11 is 0. The second-order valence-corrected chi connectivity index (χ2v) is 12.2. The lowest BCUT2D eigenvalue weighted by atomic mass is 9.95. The summed E-state index contributed by atoms with van der Waals surface area (Å²) in [5.41, 5.74) is 6.29. The molecule has 3 aromatic rings. The van der Waals surface area contributed by atoms with Gasteiger partial charge in [-0.15, -0.1) is 0 Å². The predicted octanol–water partition coefficient (Wildman–Crippen LogP) is 4.13. The SMILES string of the molecule is Cc1ccccc1N1CCN(c2cc3c(cc2NC(=O)c2coc(C4CC4)n2)C(O)N(CCCN2CCOC2=O)CC3)CC1.